The van der Waals surface area contributed by atoms with Crippen LogP contribution < -0.4 is 15.2 Å². The van der Waals surface area contributed by atoms with Crippen molar-refractivity contribution in [3.8, 4) is 5.75 Å². The Morgan fingerprint density at radius 2 is 2.09 bits per heavy atom. The first-order valence-corrected chi connectivity index (χ1v) is 9.24. The Kier molecular flexibility index (Phi) is 6.89. The third-order valence-corrected chi connectivity index (χ3v) is 5.52. The van der Waals surface area contributed by atoms with Crippen molar-refractivity contribution in [2.24, 2.45) is 11.7 Å². The molecule has 0 aromatic heterocycles. The van der Waals surface area contributed by atoms with Gasteiger partial charge in [-0.25, -0.2) is 13.1 Å². The zero-order valence-electron chi connectivity index (χ0n) is 14.0. The number of benzene rings is 1. The van der Waals surface area contributed by atoms with Crippen molar-refractivity contribution in [1.82, 2.24) is 4.72 Å². The van der Waals surface area contributed by atoms with Gasteiger partial charge in [-0.05, 0) is 55.9 Å². The zero-order chi connectivity index (χ0) is 16.4. The van der Waals surface area contributed by atoms with Gasteiger partial charge in [0.25, 0.3) is 0 Å². The van der Waals surface area contributed by atoms with Crippen LogP contribution in [0.5, 0.6) is 5.75 Å². The van der Waals surface area contributed by atoms with E-state index < -0.39 is 15.6 Å². The Morgan fingerprint density at radius 3 is 2.70 bits per heavy atom. The van der Waals surface area contributed by atoms with Crippen LogP contribution in [0.25, 0.3) is 0 Å². The first kappa shape index (κ1) is 20.2. The molecule has 1 unspecified atom stereocenters. The molecule has 0 saturated heterocycles. The average Bonchev–Trinajstić information content (AvgIpc) is 2.45. The molecule has 0 spiro atoms. The molecule has 0 fully saturated rings. The molecular formula is C16H27ClN2O3S. The van der Waals surface area contributed by atoms with E-state index in [1.54, 1.807) is 18.2 Å². The first-order chi connectivity index (χ1) is 10.3. The van der Waals surface area contributed by atoms with E-state index in [1.807, 2.05) is 6.92 Å². The number of nitrogens with one attached hydrogen (secondary N) is 1. The Balaban J connectivity index is 0.00000264. The summed E-state index contributed by atoms with van der Waals surface area (Å²) in [5, 5.41) is 0. The maximum absolute atomic E-state index is 12.7. The van der Waals surface area contributed by atoms with E-state index in [9.17, 15) is 8.42 Å². The second-order valence-corrected chi connectivity index (χ2v) is 8.37. The van der Waals surface area contributed by atoms with Crippen molar-refractivity contribution in [2.75, 3.05) is 13.2 Å². The summed E-state index contributed by atoms with van der Waals surface area (Å²) in [6, 6.07) is 5.05. The van der Waals surface area contributed by atoms with E-state index in [1.165, 1.54) is 0 Å². The monoisotopic (exact) mass is 362 g/mol. The molecule has 5 nitrogen and oxygen atoms in total. The lowest BCUT2D eigenvalue weighted by Crippen LogP contribution is -2.52. The topological polar surface area (TPSA) is 81.4 Å². The summed E-state index contributed by atoms with van der Waals surface area (Å²) >= 11 is 0. The van der Waals surface area contributed by atoms with Crippen LogP contribution in [0.15, 0.2) is 23.1 Å². The third kappa shape index (κ3) is 5.08. The van der Waals surface area contributed by atoms with Gasteiger partial charge in [0.1, 0.15) is 5.75 Å². The Morgan fingerprint density at radius 1 is 1.39 bits per heavy atom. The van der Waals surface area contributed by atoms with Crippen LogP contribution in [0.3, 0.4) is 0 Å². The Bertz CT molecular complexity index is 634. The lowest BCUT2D eigenvalue weighted by molar-refractivity contribution is 0.288. The molecule has 0 amide bonds. The van der Waals surface area contributed by atoms with Crippen molar-refractivity contribution >= 4 is 22.4 Å². The fraction of sp³-hybridized carbons (Fsp3) is 0.625. The molecular weight excluding hydrogens is 336 g/mol. The summed E-state index contributed by atoms with van der Waals surface area (Å²) < 4.78 is 33.6. The van der Waals surface area contributed by atoms with Gasteiger partial charge in [0.05, 0.1) is 11.5 Å². The van der Waals surface area contributed by atoms with Gasteiger partial charge >= 0.3 is 0 Å². The van der Waals surface area contributed by atoms with Gasteiger partial charge in [-0.2, -0.15) is 0 Å². The maximum atomic E-state index is 12.7. The summed E-state index contributed by atoms with van der Waals surface area (Å²) in [5.74, 6) is 1.14. The number of aryl methyl sites for hydroxylation is 1. The molecule has 1 aromatic carbocycles. The molecule has 1 heterocycles. The van der Waals surface area contributed by atoms with E-state index in [2.05, 4.69) is 18.6 Å². The number of nitrogens with two attached hydrogens (primary N) is 1. The molecule has 0 saturated carbocycles. The van der Waals surface area contributed by atoms with Crippen LogP contribution >= 0.6 is 12.4 Å². The minimum absolute atomic E-state index is 0. The fourth-order valence-electron chi connectivity index (χ4n) is 2.95. The summed E-state index contributed by atoms with van der Waals surface area (Å²) in [6.45, 7) is 6.92. The Hall–Kier alpha value is -0.820. The number of hydrogen-bond donors (Lipinski definition) is 2. The summed E-state index contributed by atoms with van der Waals surface area (Å²) in [7, 11) is -3.59. The van der Waals surface area contributed by atoms with E-state index in [-0.39, 0.29) is 23.8 Å². The standard InChI is InChI=1S/C16H26N2O3S.ClH/c1-12(2)10-16(3,11-17)18-22(19,20)14-6-7-15-13(9-14)5-4-8-21-15;/h6-7,9,12,18H,4-5,8,10-11,17H2,1-3H3;1H. The van der Waals surface area contributed by atoms with E-state index in [0.29, 0.717) is 18.9 Å². The molecule has 1 aromatic rings. The predicted octanol–water partition coefficient (Wildman–Crippen LogP) is 2.48. The molecule has 1 atom stereocenters. The third-order valence-electron chi connectivity index (χ3n) is 3.88. The first-order valence-electron chi connectivity index (χ1n) is 7.75. The van der Waals surface area contributed by atoms with Gasteiger partial charge < -0.3 is 10.5 Å². The molecule has 0 radical (unpaired) electrons. The van der Waals surface area contributed by atoms with Crippen LogP contribution in [-0.4, -0.2) is 27.1 Å². The predicted molar refractivity (Wildman–Crippen MR) is 94.7 cm³/mol. The quantitative estimate of drug-likeness (QED) is 0.814. The van der Waals surface area contributed by atoms with E-state index in [0.717, 1.165) is 24.2 Å². The lowest BCUT2D eigenvalue weighted by atomic mass is 9.92. The largest absolute Gasteiger partial charge is 0.493 e. The van der Waals surface area contributed by atoms with Gasteiger partial charge in [-0.1, -0.05) is 13.8 Å². The van der Waals surface area contributed by atoms with Gasteiger partial charge in [-0.3, -0.25) is 0 Å². The average molecular weight is 363 g/mol. The van der Waals surface area contributed by atoms with Crippen LogP contribution in [-0.2, 0) is 16.4 Å². The highest BCUT2D eigenvalue weighted by atomic mass is 35.5. The highest BCUT2D eigenvalue weighted by Crippen LogP contribution is 2.28. The van der Waals surface area contributed by atoms with Gasteiger partial charge in [0.2, 0.25) is 10.0 Å². The van der Waals surface area contributed by atoms with Gasteiger partial charge in [0, 0.05) is 12.1 Å². The number of rotatable bonds is 6. The second-order valence-electron chi connectivity index (χ2n) is 6.69. The molecule has 0 aliphatic carbocycles. The van der Waals surface area contributed by atoms with E-state index in [4.69, 9.17) is 10.5 Å². The maximum Gasteiger partial charge on any atom is 0.241 e. The van der Waals surface area contributed by atoms with Gasteiger partial charge in [0.15, 0.2) is 0 Å². The van der Waals surface area contributed by atoms with E-state index >= 15 is 0 Å². The highest BCUT2D eigenvalue weighted by Gasteiger charge is 2.30. The molecule has 132 valence electrons. The van der Waals surface area contributed by atoms with Crippen molar-refractivity contribution in [3.63, 3.8) is 0 Å². The minimum Gasteiger partial charge on any atom is -0.493 e. The molecule has 3 N–H and O–H groups in total. The smallest absolute Gasteiger partial charge is 0.241 e. The van der Waals surface area contributed by atoms with Crippen molar-refractivity contribution < 1.29 is 13.2 Å². The summed E-state index contributed by atoms with van der Waals surface area (Å²) in [4.78, 5) is 0.278. The van der Waals surface area contributed by atoms with Crippen molar-refractivity contribution in [2.45, 2.75) is 50.5 Å². The summed E-state index contributed by atoms with van der Waals surface area (Å²) in [5.41, 5.74) is 6.12. The Labute approximate surface area is 145 Å². The van der Waals surface area contributed by atoms with Crippen LogP contribution in [0.4, 0.5) is 0 Å². The normalized spacial score (nSPS) is 16.9. The van der Waals surface area contributed by atoms with Gasteiger partial charge in [-0.15, -0.1) is 12.4 Å². The van der Waals surface area contributed by atoms with Crippen molar-refractivity contribution in [1.29, 1.82) is 0 Å². The number of sulfonamides is 1. The highest BCUT2D eigenvalue weighted by molar-refractivity contribution is 7.89. The van der Waals surface area contributed by atoms with Crippen LogP contribution in [0, 0.1) is 5.92 Å². The zero-order valence-corrected chi connectivity index (χ0v) is 15.6. The fourth-order valence-corrected chi connectivity index (χ4v) is 4.43. The molecule has 7 heteroatoms. The number of ether oxygens (including phenoxy) is 1. The number of halogens is 1. The molecule has 23 heavy (non-hydrogen) atoms. The molecule has 0 bridgehead atoms. The van der Waals surface area contributed by atoms with Crippen LogP contribution in [0.2, 0.25) is 0 Å². The second kappa shape index (κ2) is 7.83. The van der Waals surface area contributed by atoms with Crippen LogP contribution in [0.1, 0.15) is 39.2 Å². The molecule has 1 aliphatic rings. The summed E-state index contributed by atoms with van der Waals surface area (Å²) in [6.07, 6.45) is 2.45. The number of fused-ring (bicyclic) bond motifs is 1. The van der Waals surface area contributed by atoms with Crippen molar-refractivity contribution in [3.05, 3.63) is 23.8 Å². The SMILES string of the molecule is CC(C)CC(C)(CN)NS(=O)(=O)c1ccc2c(c1)CCCO2.Cl. The molecule has 1 aliphatic heterocycles. The molecule has 2 rings (SSSR count). The number of hydrogen-bond acceptors (Lipinski definition) is 4. The lowest BCUT2D eigenvalue weighted by Gasteiger charge is -2.31. The minimum atomic E-state index is -3.59.